The molecule has 118 valence electrons. The summed E-state index contributed by atoms with van der Waals surface area (Å²) in [6.07, 6.45) is 0. The second-order valence-corrected chi connectivity index (χ2v) is 5.96. The van der Waals surface area contributed by atoms with E-state index in [-0.39, 0.29) is 23.7 Å². The van der Waals surface area contributed by atoms with Gasteiger partial charge in [-0.3, -0.25) is 10.1 Å². The van der Waals surface area contributed by atoms with E-state index in [4.69, 9.17) is 11.6 Å². The molecule has 0 radical (unpaired) electrons. The van der Waals surface area contributed by atoms with Gasteiger partial charge in [-0.05, 0) is 23.6 Å². The molecule has 3 rings (SSSR count). The Labute approximate surface area is 138 Å². The molecule has 2 aromatic heterocycles. The SMILES string of the molecule is CC(C)C(C(=O)Nc1nnc2ccc(Cl)nn12)c1ccccc1. The third-order valence-corrected chi connectivity index (χ3v) is 3.77. The Morgan fingerprint density at radius 2 is 1.87 bits per heavy atom. The van der Waals surface area contributed by atoms with E-state index >= 15 is 0 Å². The van der Waals surface area contributed by atoms with E-state index in [0.29, 0.717) is 10.8 Å². The minimum absolute atomic E-state index is 0.133. The van der Waals surface area contributed by atoms with E-state index in [1.807, 2.05) is 44.2 Å². The molecule has 1 aromatic carbocycles. The van der Waals surface area contributed by atoms with Crippen molar-refractivity contribution in [1.82, 2.24) is 19.8 Å². The van der Waals surface area contributed by atoms with Crippen LogP contribution in [0.3, 0.4) is 0 Å². The van der Waals surface area contributed by atoms with E-state index in [1.54, 1.807) is 12.1 Å². The van der Waals surface area contributed by atoms with Crippen LogP contribution in [-0.4, -0.2) is 25.7 Å². The summed E-state index contributed by atoms with van der Waals surface area (Å²) in [6.45, 7) is 4.02. The molecule has 0 saturated carbocycles. The summed E-state index contributed by atoms with van der Waals surface area (Å²) in [5, 5.41) is 15.1. The molecule has 6 nitrogen and oxygen atoms in total. The lowest BCUT2D eigenvalue weighted by molar-refractivity contribution is -0.118. The van der Waals surface area contributed by atoms with Gasteiger partial charge in [-0.25, -0.2) is 0 Å². The maximum absolute atomic E-state index is 12.7. The summed E-state index contributed by atoms with van der Waals surface area (Å²) in [5.41, 5.74) is 1.48. The smallest absolute Gasteiger partial charge is 0.252 e. The molecule has 2 heterocycles. The molecule has 1 amide bonds. The van der Waals surface area contributed by atoms with Crippen LogP contribution in [0, 0.1) is 5.92 Å². The lowest BCUT2D eigenvalue weighted by Gasteiger charge is -2.20. The zero-order valence-corrected chi connectivity index (χ0v) is 13.5. The average Bonchev–Trinajstić information content (AvgIpc) is 2.90. The summed E-state index contributed by atoms with van der Waals surface area (Å²) < 4.78 is 1.42. The van der Waals surface area contributed by atoms with Gasteiger partial charge in [-0.1, -0.05) is 55.8 Å². The van der Waals surface area contributed by atoms with Gasteiger partial charge in [0.2, 0.25) is 5.91 Å². The molecular formula is C16H16ClN5O. The number of anilines is 1. The Hall–Kier alpha value is -2.47. The Kier molecular flexibility index (Phi) is 4.25. The van der Waals surface area contributed by atoms with Crippen molar-refractivity contribution in [1.29, 1.82) is 0 Å². The Balaban J connectivity index is 1.91. The highest BCUT2D eigenvalue weighted by molar-refractivity contribution is 6.29. The fourth-order valence-corrected chi connectivity index (χ4v) is 2.67. The number of hydrogen-bond donors (Lipinski definition) is 1. The maximum Gasteiger partial charge on any atom is 0.252 e. The second kappa shape index (κ2) is 6.34. The number of aromatic nitrogens is 4. The van der Waals surface area contributed by atoms with Crippen LogP contribution in [0.5, 0.6) is 0 Å². The Bertz CT molecular complexity index is 831. The molecule has 0 aliphatic heterocycles. The molecule has 0 bridgehead atoms. The normalized spacial score (nSPS) is 12.5. The summed E-state index contributed by atoms with van der Waals surface area (Å²) in [5.74, 6) is -0.0489. The van der Waals surface area contributed by atoms with Crippen molar-refractivity contribution in [3.63, 3.8) is 0 Å². The molecule has 0 saturated heterocycles. The number of rotatable bonds is 4. The van der Waals surface area contributed by atoms with Gasteiger partial charge >= 0.3 is 0 Å². The third kappa shape index (κ3) is 3.17. The predicted octanol–water partition coefficient (Wildman–Crippen LogP) is 3.16. The van der Waals surface area contributed by atoms with Crippen molar-refractivity contribution in [2.45, 2.75) is 19.8 Å². The minimum atomic E-state index is -0.289. The van der Waals surface area contributed by atoms with E-state index in [0.717, 1.165) is 5.56 Å². The standard InChI is InChI=1S/C16H16ClN5O/c1-10(2)14(11-6-4-3-5-7-11)15(23)18-16-20-19-13-9-8-12(17)21-22(13)16/h3-10,14H,1-2H3,(H,18,20,23). The first-order valence-corrected chi connectivity index (χ1v) is 7.68. The molecule has 7 heteroatoms. The van der Waals surface area contributed by atoms with Crippen LogP contribution in [0.4, 0.5) is 5.95 Å². The van der Waals surface area contributed by atoms with Crippen LogP contribution in [0.15, 0.2) is 42.5 Å². The van der Waals surface area contributed by atoms with Crippen LogP contribution in [0.2, 0.25) is 5.15 Å². The summed E-state index contributed by atoms with van der Waals surface area (Å²) in [4.78, 5) is 12.7. The molecule has 0 aliphatic carbocycles. The van der Waals surface area contributed by atoms with E-state index in [9.17, 15) is 4.79 Å². The summed E-state index contributed by atoms with van der Waals surface area (Å²) in [7, 11) is 0. The largest absolute Gasteiger partial charge is 0.293 e. The number of halogens is 1. The number of nitrogens with zero attached hydrogens (tertiary/aromatic N) is 4. The van der Waals surface area contributed by atoms with Crippen LogP contribution < -0.4 is 5.32 Å². The second-order valence-electron chi connectivity index (χ2n) is 5.57. The molecule has 0 fully saturated rings. The van der Waals surface area contributed by atoms with Crippen molar-refractivity contribution >= 4 is 29.1 Å². The van der Waals surface area contributed by atoms with Gasteiger partial charge in [0.1, 0.15) is 5.15 Å². The fourth-order valence-electron chi connectivity index (χ4n) is 2.53. The van der Waals surface area contributed by atoms with E-state index in [1.165, 1.54) is 4.52 Å². The molecule has 23 heavy (non-hydrogen) atoms. The monoisotopic (exact) mass is 329 g/mol. The molecule has 0 aliphatic rings. The van der Waals surface area contributed by atoms with Crippen molar-refractivity contribution in [2.24, 2.45) is 5.92 Å². The van der Waals surface area contributed by atoms with E-state index in [2.05, 4.69) is 20.6 Å². The molecule has 0 spiro atoms. The minimum Gasteiger partial charge on any atom is -0.293 e. The van der Waals surface area contributed by atoms with Gasteiger partial charge in [0.15, 0.2) is 5.65 Å². The first-order valence-electron chi connectivity index (χ1n) is 7.30. The summed E-state index contributed by atoms with van der Waals surface area (Å²) in [6, 6.07) is 13.0. The Morgan fingerprint density at radius 1 is 1.13 bits per heavy atom. The number of carbonyl (C=O) groups excluding carboxylic acids is 1. The lowest BCUT2D eigenvalue weighted by atomic mass is 9.88. The molecule has 1 unspecified atom stereocenters. The number of fused-ring (bicyclic) bond motifs is 1. The third-order valence-electron chi connectivity index (χ3n) is 3.57. The van der Waals surface area contributed by atoms with Gasteiger partial charge in [0.25, 0.3) is 5.95 Å². The van der Waals surface area contributed by atoms with Gasteiger partial charge in [0.05, 0.1) is 5.92 Å². The highest BCUT2D eigenvalue weighted by atomic mass is 35.5. The van der Waals surface area contributed by atoms with Gasteiger partial charge in [-0.15, -0.1) is 10.2 Å². The molecular weight excluding hydrogens is 314 g/mol. The average molecular weight is 330 g/mol. The number of nitrogens with one attached hydrogen (secondary N) is 1. The van der Waals surface area contributed by atoms with Gasteiger partial charge in [-0.2, -0.15) is 9.61 Å². The first-order chi connectivity index (χ1) is 11.1. The van der Waals surface area contributed by atoms with Crippen LogP contribution >= 0.6 is 11.6 Å². The topological polar surface area (TPSA) is 72.2 Å². The number of carbonyl (C=O) groups is 1. The lowest BCUT2D eigenvalue weighted by Crippen LogP contribution is -2.26. The van der Waals surface area contributed by atoms with E-state index < -0.39 is 0 Å². The van der Waals surface area contributed by atoms with Crippen molar-refractivity contribution in [2.75, 3.05) is 5.32 Å². The highest BCUT2D eigenvalue weighted by Crippen LogP contribution is 2.25. The zero-order valence-electron chi connectivity index (χ0n) is 12.8. The van der Waals surface area contributed by atoms with Crippen LogP contribution in [0.1, 0.15) is 25.3 Å². The Morgan fingerprint density at radius 3 is 2.57 bits per heavy atom. The zero-order chi connectivity index (χ0) is 16.4. The van der Waals surface area contributed by atoms with Crippen LogP contribution in [0.25, 0.3) is 5.65 Å². The molecule has 3 aromatic rings. The van der Waals surface area contributed by atoms with Gasteiger partial charge < -0.3 is 0 Å². The van der Waals surface area contributed by atoms with Crippen LogP contribution in [-0.2, 0) is 4.79 Å². The number of hydrogen-bond acceptors (Lipinski definition) is 4. The number of amides is 1. The van der Waals surface area contributed by atoms with Crippen molar-refractivity contribution in [3.8, 4) is 0 Å². The number of benzene rings is 1. The fraction of sp³-hybridized carbons (Fsp3) is 0.250. The van der Waals surface area contributed by atoms with Gasteiger partial charge in [0, 0.05) is 0 Å². The quantitative estimate of drug-likeness (QED) is 0.798. The maximum atomic E-state index is 12.7. The predicted molar refractivity (Wildman–Crippen MR) is 88.4 cm³/mol. The highest BCUT2D eigenvalue weighted by Gasteiger charge is 2.25. The molecule has 1 N–H and O–H groups in total. The summed E-state index contributed by atoms with van der Waals surface area (Å²) >= 11 is 5.89. The van der Waals surface area contributed by atoms with Crippen molar-refractivity contribution < 1.29 is 4.79 Å². The first kappa shape index (κ1) is 15.4. The molecule has 1 atom stereocenters. The van der Waals surface area contributed by atoms with Crippen molar-refractivity contribution in [3.05, 3.63) is 53.2 Å².